The minimum absolute atomic E-state index is 0.140. The molecule has 0 spiro atoms. The highest BCUT2D eigenvalue weighted by atomic mass is 35.5. The zero-order valence-electron chi connectivity index (χ0n) is 20.0. The summed E-state index contributed by atoms with van der Waals surface area (Å²) in [6.45, 7) is 8.30. The number of likely N-dealkylation sites (tertiary alicyclic amines) is 1. The summed E-state index contributed by atoms with van der Waals surface area (Å²) in [6.07, 6.45) is 1.20. The molecule has 7 nitrogen and oxygen atoms in total. The molecule has 1 atom stereocenters. The summed E-state index contributed by atoms with van der Waals surface area (Å²) in [5.41, 5.74) is 1.62. The van der Waals surface area contributed by atoms with Crippen LogP contribution in [-0.4, -0.2) is 56.8 Å². The highest BCUT2D eigenvalue weighted by Crippen LogP contribution is 2.41. The van der Waals surface area contributed by atoms with Crippen LogP contribution >= 0.6 is 34.8 Å². The van der Waals surface area contributed by atoms with Gasteiger partial charge >= 0.3 is 6.09 Å². The van der Waals surface area contributed by atoms with E-state index in [1.165, 1.54) is 0 Å². The lowest BCUT2D eigenvalue weighted by Gasteiger charge is -2.30. The van der Waals surface area contributed by atoms with Crippen molar-refractivity contribution < 1.29 is 19.1 Å². The number of hydrogen-bond acceptors (Lipinski definition) is 5. The number of rotatable bonds is 4. The molecule has 1 aromatic carbocycles. The summed E-state index contributed by atoms with van der Waals surface area (Å²) < 4.78 is 5.56. The number of aromatic nitrogens is 1. The van der Waals surface area contributed by atoms with Crippen LogP contribution in [0.4, 0.5) is 4.79 Å². The van der Waals surface area contributed by atoms with Gasteiger partial charge in [-0.15, -0.1) is 0 Å². The SMILES string of the molecule is Cc1nc2c(c(-c3ccc(Cl)cc3Cl)c1C(=O)Cl)C(=O)N(C[C@@H]1CCCN1C(=O)OC(C)(C)C)C2. The molecule has 2 aliphatic heterocycles. The minimum atomic E-state index is -0.725. The van der Waals surface area contributed by atoms with E-state index in [1.807, 2.05) is 20.8 Å². The Bertz CT molecular complexity index is 1230. The number of ether oxygens (including phenoxy) is 1. The van der Waals surface area contributed by atoms with Crippen molar-refractivity contribution in [2.75, 3.05) is 13.1 Å². The zero-order valence-corrected chi connectivity index (χ0v) is 22.2. The van der Waals surface area contributed by atoms with Crippen LogP contribution in [0.15, 0.2) is 18.2 Å². The quantitative estimate of drug-likeness (QED) is 0.440. The molecular formula is C25H26Cl3N3O4. The molecule has 2 amide bonds. The number of benzene rings is 1. The normalized spacial score (nSPS) is 17.7. The Morgan fingerprint density at radius 1 is 1.20 bits per heavy atom. The fraction of sp³-hybridized carbons (Fsp3) is 0.440. The Morgan fingerprint density at radius 3 is 2.54 bits per heavy atom. The molecule has 35 heavy (non-hydrogen) atoms. The third-order valence-electron chi connectivity index (χ3n) is 6.13. The van der Waals surface area contributed by atoms with E-state index in [4.69, 9.17) is 39.5 Å². The van der Waals surface area contributed by atoms with Gasteiger partial charge < -0.3 is 14.5 Å². The third kappa shape index (κ3) is 5.13. The number of aryl methyl sites for hydroxylation is 1. The lowest BCUT2D eigenvalue weighted by Crippen LogP contribution is -2.45. The molecule has 0 saturated carbocycles. The van der Waals surface area contributed by atoms with Crippen LogP contribution < -0.4 is 0 Å². The van der Waals surface area contributed by atoms with Crippen molar-refractivity contribution in [3.63, 3.8) is 0 Å². The summed E-state index contributed by atoms with van der Waals surface area (Å²) >= 11 is 18.5. The Labute approximate surface area is 219 Å². The smallest absolute Gasteiger partial charge is 0.410 e. The van der Waals surface area contributed by atoms with E-state index in [9.17, 15) is 14.4 Å². The minimum Gasteiger partial charge on any atom is -0.444 e. The van der Waals surface area contributed by atoms with Crippen molar-refractivity contribution in [1.29, 1.82) is 0 Å². The predicted octanol–water partition coefficient (Wildman–Crippen LogP) is 6.10. The van der Waals surface area contributed by atoms with Gasteiger partial charge in [-0.2, -0.15) is 0 Å². The average Bonchev–Trinajstić information content (AvgIpc) is 3.31. The van der Waals surface area contributed by atoms with Gasteiger partial charge in [-0.1, -0.05) is 29.3 Å². The molecule has 3 heterocycles. The summed E-state index contributed by atoms with van der Waals surface area (Å²) in [6, 6.07) is 4.68. The molecule has 1 aromatic heterocycles. The number of pyridine rings is 1. The van der Waals surface area contributed by atoms with Gasteiger partial charge in [0.25, 0.3) is 11.1 Å². The molecule has 186 valence electrons. The standard InChI is InChI=1S/C25H26Cl3N3O4/c1-13-19(22(28)32)20(16-8-7-14(26)10-17(16)27)21-18(29-13)12-30(23(21)33)11-15-6-5-9-31(15)24(34)35-25(2,3)4/h7-8,10,15H,5-6,9,11-12H2,1-4H3/t15-/m0/s1. The Morgan fingerprint density at radius 2 is 1.91 bits per heavy atom. The van der Waals surface area contributed by atoms with E-state index in [2.05, 4.69) is 4.98 Å². The van der Waals surface area contributed by atoms with E-state index >= 15 is 0 Å². The summed E-state index contributed by atoms with van der Waals surface area (Å²) in [7, 11) is 0. The van der Waals surface area contributed by atoms with Crippen LogP contribution in [0, 0.1) is 6.92 Å². The summed E-state index contributed by atoms with van der Waals surface area (Å²) in [5, 5.41) is -0.00378. The molecule has 4 rings (SSSR count). The van der Waals surface area contributed by atoms with Crippen LogP contribution in [0.25, 0.3) is 11.1 Å². The van der Waals surface area contributed by atoms with Crippen molar-refractivity contribution >= 4 is 52.0 Å². The molecular weight excluding hydrogens is 513 g/mol. The number of halogens is 3. The third-order valence-corrected chi connectivity index (χ3v) is 6.86. The van der Waals surface area contributed by atoms with Gasteiger partial charge in [0.2, 0.25) is 0 Å². The van der Waals surface area contributed by atoms with Gasteiger partial charge in [0.15, 0.2) is 0 Å². The first-order valence-corrected chi connectivity index (χ1v) is 12.5. The van der Waals surface area contributed by atoms with Crippen molar-refractivity contribution in [2.45, 2.75) is 58.7 Å². The Balaban J connectivity index is 1.70. The maximum absolute atomic E-state index is 13.7. The lowest BCUT2D eigenvalue weighted by atomic mass is 9.93. The number of hydrogen-bond donors (Lipinski definition) is 0. The molecule has 0 radical (unpaired) electrons. The zero-order chi connectivity index (χ0) is 25.7. The first-order valence-electron chi connectivity index (χ1n) is 11.3. The number of fused-ring (bicyclic) bond motifs is 1. The van der Waals surface area contributed by atoms with Crippen LogP contribution in [0.3, 0.4) is 0 Å². The van der Waals surface area contributed by atoms with E-state index in [0.29, 0.717) is 51.2 Å². The first kappa shape index (κ1) is 25.7. The number of carbonyl (C=O) groups excluding carboxylic acids is 3. The molecule has 0 N–H and O–H groups in total. The van der Waals surface area contributed by atoms with Gasteiger partial charge in [-0.25, -0.2) is 4.79 Å². The van der Waals surface area contributed by atoms with Crippen LogP contribution in [0.1, 0.15) is 65.7 Å². The highest BCUT2D eigenvalue weighted by Gasteiger charge is 2.39. The fourth-order valence-corrected chi connectivity index (χ4v) is 5.44. The average molecular weight is 539 g/mol. The van der Waals surface area contributed by atoms with E-state index < -0.39 is 10.8 Å². The molecule has 1 fully saturated rings. The van der Waals surface area contributed by atoms with Gasteiger partial charge in [0.05, 0.1) is 35.1 Å². The van der Waals surface area contributed by atoms with Gasteiger partial charge in [0, 0.05) is 34.3 Å². The maximum Gasteiger partial charge on any atom is 0.410 e. The van der Waals surface area contributed by atoms with Crippen molar-refractivity contribution in [2.24, 2.45) is 0 Å². The monoisotopic (exact) mass is 537 g/mol. The van der Waals surface area contributed by atoms with Crippen molar-refractivity contribution in [1.82, 2.24) is 14.8 Å². The summed E-state index contributed by atoms with van der Waals surface area (Å²) in [5.74, 6) is -0.288. The number of nitrogens with zero attached hydrogens (tertiary/aromatic N) is 3. The molecule has 2 aliphatic rings. The molecule has 10 heteroatoms. The second kappa shape index (κ2) is 9.60. The van der Waals surface area contributed by atoms with Gasteiger partial charge in [-0.3, -0.25) is 14.6 Å². The Kier molecular flexibility index (Phi) is 7.06. The van der Waals surface area contributed by atoms with Gasteiger partial charge in [-0.05, 0) is 64.3 Å². The topological polar surface area (TPSA) is 79.8 Å². The Hall–Kier alpha value is -2.35. The lowest BCUT2D eigenvalue weighted by molar-refractivity contribution is 0.0193. The fourth-order valence-electron chi connectivity index (χ4n) is 4.71. The number of amides is 2. The van der Waals surface area contributed by atoms with Crippen LogP contribution in [-0.2, 0) is 11.3 Å². The molecule has 1 saturated heterocycles. The molecule has 0 aliphatic carbocycles. The van der Waals surface area contributed by atoms with E-state index in [-0.39, 0.29) is 30.2 Å². The second-order valence-corrected chi connectivity index (χ2v) is 11.0. The van der Waals surface area contributed by atoms with E-state index in [0.717, 1.165) is 12.8 Å². The second-order valence-electron chi connectivity index (χ2n) is 9.82. The van der Waals surface area contributed by atoms with Crippen LogP contribution in [0.5, 0.6) is 0 Å². The highest BCUT2D eigenvalue weighted by molar-refractivity contribution is 6.68. The van der Waals surface area contributed by atoms with E-state index in [1.54, 1.807) is 34.9 Å². The predicted molar refractivity (Wildman–Crippen MR) is 135 cm³/mol. The summed E-state index contributed by atoms with van der Waals surface area (Å²) in [4.78, 5) is 46.7. The molecule has 0 unspecified atom stereocenters. The van der Waals surface area contributed by atoms with Crippen molar-refractivity contribution in [3.05, 3.63) is 50.8 Å². The maximum atomic E-state index is 13.7. The van der Waals surface area contributed by atoms with Gasteiger partial charge in [0.1, 0.15) is 5.60 Å². The first-order chi connectivity index (χ1) is 16.4. The van der Waals surface area contributed by atoms with Crippen LogP contribution in [0.2, 0.25) is 10.0 Å². The van der Waals surface area contributed by atoms with Crippen molar-refractivity contribution in [3.8, 4) is 11.1 Å². The largest absolute Gasteiger partial charge is 0.444 e. The molecule has 2 aromatic rings. The number of carbonyl (C=O) groups is 3. The molecule has 0 bridgehead atoms.